The van der Waals surface area contributed by atoms with Crippen LogP contribution in [0.5, 0.6) is 5.75 Å². The van der Waals surface area contributed by atoms with Crippen LogP contribution in [0, 0.1) is 5.92 Å². The lowest BCUT2D eigenvalue weighted by Gasteiger charge is -2.21. The van der Waals surface area contributed by atoms with Crippen LogP contribution in [0.3, 0.4) is 0 Å². The Morgan fingerprint density at radius 2 is 1.96 bits per heavy atom. The maximum Gasteiger partial charge on any atom is 0.325 e. The van der Waals surface area contributed by atoms with Crippen LogP contribution in [-0.4, -0.2) is 35.3 Å². The molecule has 0 spiro atoms. The standard InChI is InChI=1S/C21H21N5O2/c1-3-14-4-9-19(23-12-14)26(2)15-5-7-16(8-6-15)28-21-24-18-13-22-11-10-17(18)20(27)25-21/h4-9,11-13,17H,3,10H2,1-2H3,(H,24,25,27). The molecule has 7 heteroatoms. The molecule has 1 aromatic heterocycles. The van der Waals surface area contributed by atoms with E-state index >= 15 is 0 Å². The van der Waals surface area contributed by atoms with Crippen molar-refractivity contribution in [2.45, 2.75) is 19.8 Å². The molecule has 0 aliphatic carbocycles. The van der Waals surface area contributed by atoms with Crippen molar-refractivity contribution in [3.05, 3.63) is 60.1 Å². The Morgan fingerprint density at radius 1 is 1.14 bits per heavy atom. The monoisotopic (exact) mass is 375 g/mol. The van der Waals surface area contributed by atoms with E-state index < -0.39 is 0 Å². The molecule has 2 aliphatic heterocycles. The first-order chi connectivity index (χ1) is 13.6. The van der Waals surface area contributed by atoms with Gasteiger partial charge in [0, 0.05) is 31.3 Å². The third-order valence-electron chi connectivity index (χ3n) is 4.75. The Morgan fingerprint density at radius 3 is 2.68 bits per heavy atom. The first kappa shape index (κ1) is 17.9. The molecule has 1 atom stereocenters. The van der Waals surface area contributed by atoms with Crippen molar-refractivity contribution in [1.82, 2.24) is 4.98 Å². The largest absolute Gasteiger partial charge is 0.496 e. The lowest BCUT2D eigenvalue weighted by molar-refractivity contribution is 0.480. The van der Waals surface area contributed by atoms with Crippen LogP contribution in [0.1, 0.15) is 18.9 Å². The Balaban J connectivity index is 1.48. The summed E-state index contributed by atoms with van der Waals surface area (Å²) in [5.74, 6) is 1.22. The summed E-state index contributed by atoms with van der Waals surface area (Å²) in [7, 11) is 1.97. The van der Waals surface area contributed by atoms with E-state index in [4.69, 9.17) is 4.74 Å². The molecule has 2 aromatic rings. The Kier molecular flexibility index (Phi) is 4.89. The molecule has 1 unspecified atom stereocenters. The number of fused-ring (bicyclic) bond motifs is 1. The van der Waals surface area contributed by atoms with Gasteiger partial charge in [-0.1, -0.05) is 13.0 Å². The van der Waals surface area contributed by atoms with E-state index in [2.05, 4.69) is 33.0 Å². The number of aryl methyl sites for hydroxylation is 1. The average Bonchev–Trinajstić information content (AvgIpc) is 2.74. The molecule has 0 radical (unpaired) electrons. The molecule has 7 nitrogen and oxygen atoms in total. The summed E-state index contributed by atoms with van der Waals surface area (Å²) in [5, 5.41) is 10.1. The minimum absolute atomic E-state index is 0.000328. The van der Waals surface area contributed by atoms with Crippen molar-refractivity contribution < 1.29 is 9.84 Å². The molecular weight excluding hydrogens is 354 g/mol. The van der Waals surface area contributed by atoms with Crippen LogP contribution in [0.25, 0.3) is 0 Å². The number of aliphatic hydroxyl groups is 1. The molecule has 3 heterocycles. The maximum absolute atomic E-state index is 10.1. The zero-order chi connectivity index (χ0) is 19.5. The number of amidine groups is 1. The zero-order valence-electron chi connectivity index (χ0n) is 15.8. The zero-order valence-corrected chi connectivity index (χ0v) is 15.8. The number of pyridine rings is 1. The number of benzene rings is 1. The molecule has 0 fully saturated rings. The molecule has 0 amide bonds. The molecule has 0 saturated carbocycles. The second-order valence-electron chi connectivity index (χ2n) is 6.57. The fourth-order valence-corrected chi connectivity index (χ4v) is 3.01. The first-order valence-corrected chi connectivity index (χ1v) is 9.18. The van der Waals surface area contributed by atoms with E-state index in [1.807, 2.05) is 48.5 Å². The molecule has 28 heavy (non-hydrogen) atoms. The van der Waals surface area contributed by atoms with Gasteiger partial charge in [-0.25, -0.2) is 4.98 Å². The van der Waals surface area contributed by atoms with Crippen molar-refractivity contribution in [2.75, 3.05) is 11.9 Å². The van der Waals surface area contributed by atoms with Crippen LogP contribution < -0.4 is 9.64 Å². The topological polar surface area (TPSA) is 82.7 Å². The molecule has 1 aromatic carbocycles. The predicted molar refractivity (Wildman–Crippen MR) is 111 cm³/mol. The van der Waals surface area contributed by atoms with Crippen molar-refractivity contribution >= 4 is 29.6 Å². The maximum atomic E-state index is 10.1. The third kappa shape index (κ3) is 3.64. The average molecular weight is 375 g/mol. The normalized spacial score (nSPS) is 17.9. The fraction of sp³-hybridized carbons (Fsp3) is 0.238. The van der Waals surface area contributed by atoms with Gasteiger partial charge in [0.1, 0.15) is 11.6 Å². The van der Waals surface area contributed by atoms with E-state index in [0.29, 0.717) is 17.9 Å². The summed E-state index contributed by atoms with van der Waals surface area (Å²) < 4.78 is 5.72. The minimum Gasteiger partial charge on any atom is -0.496 e. The molecular formula is C21H21N5O2. The van der Waals surface area contributed by atoms with Crippen LogP contribution in [0.2, 0.25) is 0 Å². The number of aliphatic imine (C=N–C) groups is 3. The van der Waals surface area contributed by atoms with E-state index in [1.165, 1.54) is 5.56 Å². The summed E-state index contributed by atoms with van der Waals surface area (Å²) in [4.78, 5) is 19.0. The van der Waals surface area contributed by atoms with Gasteiger partial charge >= 0.3 is 6.02 Å². The lowest BCUT2D eigenvalue weighted by atomic mass is 10.0. The second kappa shape index (κ2) is 7.64. The number of anilines is 2. The molecule has 2 aliphatic rings. The Bertz CT molecular complexity index is 975. The van der Waals surface area contributed by atoms with Gasteiger partial charge in [0.2, 0.25) is 0 Å². The number of rotatable bonds is 4. The molecule has 4 rings (SSSR count). The number of hydrogen-bond acceptors (Lipinski definition) is 6. The Labute approximate surface area is 163 Å². The van der Waals surface area contributed by atoms with Crippen molar-refractivity contribution in [1.29, 1.82) is 0 Å². The van der Waals surface area contributed by atoms with E-state index in [1.54, 1.807) is 12.4 Å². The molecule has 142 valence electrons. The summed E-state index contributed by atoms with van der Waals surface area (Å²) in [5.41, 5.74) is 2.84. The molecule has 0 saturated heterocycles. The first-order valence-electron chi connectivity index (χ1n) is 9.18. The van der Waals surface area contributed by atoms with Crippen molar-refractivity contribution in [2.24, 2.45) is 20.9 Å². The SMILES string of the molecule is CCc1ccc(N(C)c2ccc(OC3=NC4=CN=CCC4C(O)=N3)cc2)nc1. The van der Waals surface area contributed by atoms with E-state index in [9.17, 15) is 5.11 Å². The smallest absolute Gasteiger partial charge is 0.325 e. The van der Waals surface area contributed by atoms with Crippen molar-refractivity contribution in [3.63, 3.8) is 0 Å². The van der Waals surface area contributed by atoms with Gasteiger partial charge in [-0.3, -0.25) is 4.99 Å². The van der Waals surface area contributed by atoms with E-state index in [0.717, 1.165) is 17.9 Å². The van der Waals surface area contributed by atoms with Crippen molar-refractivity contribution in [3.8, 4) is 5.75 Å². The van der Waals surface area contributed by atoms with E-state index in [-0.39, 0.29) is 17.8 Å². The second-order valence-corrected chi connectivity index (χ2v) is 6.57. The summed E-state index contributed by atoms with van der Waals surface area (Å²) in [6, 6.07) is 11.7. The van der Waals surface area contributed by atoms with Crippen LogP contribution >= 0.6 is 0 Å². The number of ether oxygens (including phenoxy) is 1. The van der Waals surface area contributed by atoms with Gasteiger partial charge in [-0.2, -0.15) is 9.98 Å². The van der Waals surface area contributed by atoms with Gasteiger partial charge in [0.15, 0.2) is 5.90 Å². The highest BCUT2D eigenvalue weighted by molar-refractivity contribution is 5.97. The van der Waals surface area contributed by atoms with Crippen LogP contribution in [-0.2, 0) is 6.42 Å². The lowest BCUT2D eigenvalue weighted by Crippen LogP contribution is -2.26. The number of aromatic nitrogens is 1. The van der Waals surface area contributed by atoms with Crippen LogP contribution in [0.15, 0.2) is 69.5 Å². The minimum atomic E-state index is -0.229. The Hall–Kier alpha value is -3.48. The summed E-state index contributed by atoms with van der Waals surface area (Å²) in [6.45, 7) is 2.11. The molecule has 1 N–H and O–H groups in total. The predicted octanol–water partition coefficient (Wildman–Crippen LogP) is 4.05. The van der Waals surface area contributed by atoms with Gasteiger partial charge in [-0.15, -0.1) is 0 Å². The van der Waals surface area contributed by atoms with Gasteiger partial charge in [-0.05, 0) is 48.7 Å². The highest BCUT2D eigenvalue weighted by atomic mass is 16.5. The molecule has 0 bridgehead atoms. The van der Waals surface area contributed by atoms with Gasteiger partial charge < -0.3 is 14.7 Å². The quantitative estimate of drug-likeness (QED) is 0.874. The highest BCUT2D eigenvalue weighted by Gasteiger charge is 2.27. The van der Waals surface area contributed by atoms with Crippen LogP contribution in [0.4, 0.5) is 11.5 Å². The third-order valence-corrected chi connectivity index (χ3v) is 4.75. The summed E-state index contributed by atoms with van der Waals surface area (Å²) >= 11 is 0. The highest BCUT2D eigenvalue weighted by Crippen LogP contribution is 2.27. The number of hydrogen-bond donors (Lipinski definition) is 1. The van der Waals surface area contributed by atoms with Gasteiger partial charge in [0.05, 0.1) is 11.6 Å². The number of nitrogens with zero attached hydrogens (tertiary/aromatic N) is 5. The summed E-state index contributed by atoms with van der Waals surface area (Å²) in [6.07, 6.45) is 6.81. The van der Waals surface area contributed by atoms with Gasteiger partial charge in [0.25, 0.3) is 0 Å². The fourth-order valence-electron chi connectivity index (χ4n) is 3.01. The number of aliphatic hydroxyl groups excluding tert-OH is 1.